The number of aromatic nitrogens is 1. The lowest BCUT2D eigenvalue weighted by Gasteiger charge is -2.12. The number of benzene rings is 1. The van der Waals surface area contributed by atoms with E-state index in [9.17, 15) is 26.4 Å². The highest BCUT2D eigenvalue weighted by Crippen LogP contribution is 2.30. The van der Waals surface area contributed by atoms with Crippen molar-refractivity contribution >= 4 is 21.6 Å². The summed E-state index contributed by atoms with van der Waals surface area (Å²) >= 11 is 0. The van der Waals surface area contributed by atoms with Gasteiger partial charge in [0.15, 0.2) is 0 Å². The van der Waals surface area contributed by atoms with Gasteiger partial charge in [0.25, 0.3) is 5.91 Å². The molecular weight excluding hydrogens is 359 g/mol. The number of carbonyl (C=O) groups is 1. The predicted molar refractivity (Wildman–Crippen MR) is 87.6 cm³/mol. The minimum atomic E-state index is -4.57. The van der Waals surface area contributed by atoms with Crippen molar-refractivity contribution in [2.24, 2.45) is 5.73 Å². The van der Waals surface area contributed by atoms with E-state index in [0.717, 1.165) is 0 Å². The van der Waals surface area contributed by atoms with Crippen LogP contribution in [0, 0.1) is 6.92 Å². The number of sulfonamides is 1. The third-order valence-electron chi connectivity index (χ3n) is 3.42. The smallest absolute Gasteiger partial charge is 0.366 e. The number of hydrogen-bond donors (Lipinski definition) is 3. The van der Waals surface area contributed by atoms with Gasteiger partial charge in [-0.3, -0.25) is 9.52 Å². The molecule has 2 aromatic rings. The summed E-state index contributed by atoms with van der Waals surface area (Å²) < 4.78 is 62.7. The number of halogens is 3. The number of hydrogen-bond acceptors (Lipinski definition) is 3. The van der Waals surface area contributed by atoms with Gasteiger partial charge in [0.1, 0.15) is 0 Å². The summed E-state index contributed by atoms with van der Waals surface area (Å²) in [6.07, 6.45) is -6.01. The monoisotopic (exact) mass is 375 g/mol. The average molecular weight is 375 g/mol. The molecule has 0 aliphatic rings. The zero-order valence-corrected chi connectivity index (χ0v) is 14.0. The molecule has 1 aromatic heterocycles. The van der Waals surface area contributed by atoms with Crippen molar-refractivity contribution in [3.05, 3.63) is 41.6 Å². The third kappa shape index (κ3) is 4.99. The largest absolute Gasteiger partial charge is 0.390 e. The normalized spacial score (nSPS) is 12.2. The van der Waals surface area contributed by atoms with E-state index in [1.54, 1.807) is 19.1 Å². The highest BCUT2D eigenvalue weighted by Gasteiger charge is 2.30. The highest BCUT2D eigenvalue weighted by atomic mass is 32.2. The molecule has 1 heterocycles. The SMILES string of the molecule is Cc1[nH]c(-c2ccccc2NS(=O)(=O)CCC(F)(F)F)cc1C(N)=O. The number of aromatic amines is 1. The number of nitrogens with one attached hydrogen (secondary N) is 2. The summed E-state index contributed by atoms with van der Waals surface area (Å²) in [4.78, 5) is 14.3. The highest BCUT2D eigenvalue weighted by molar-refractivity contribution is 7.92. The van der Waals surface area contributed by atoms with Crippen LogP contribution >= 0.6 is 0 Å². The van der Waals surface area contributed by atoms with Gasteiger partial charge < -0.3 is 10.7 Å². The van der Waals surface area contributed by atoms with Crippen molar-refractivity contribution in [1.82, 2.24) is 4.98 Å². The van der Waals surface area contributed by atoms with Gasteiger partial charge >= 0.3 is 6.18 Å². The minimum Gasteiger partial charge on any atom is -0.366 e. The lowest BCUT2D eigenvalue weighted by Crippen LogP contribution is -2.22. The van der Waals surface area contributed by atoms with Crippen molar-refractivity contribution < 1.29 is 26.4 Å². The summed E-state index contributed by atoms with van der Waals surface area (Å²) in [5.41, 5.74) is 6.89. The van der Waals surface area contributed by atoms with Crippen LogP contribution < -0.4 is 10.5 Å². The van der Waals surface area contributed by atoms with Crippen LogP contribution in [-0.2, 0) is 10.0 Å². The van der Waals surface area contributed by atoms with Gasteiger partial charge in [0, 0.05) is 17.0 Å². The third-order valence-corrected chi connectivity index (χ3v) is 4.69. The molecule has 0 saturated heterocycles. The van der Waals surface area contributed by atoms with Gasteiger partial charge in [0.05, 0.1) is 23.4 Å². The van der Waals surface area contributed by atoms with Crippen molar-refractivity contribution in [3.63, 3.8) is 0 Å². The fraction of sp³-hybridized carbons (Fsp3) is 0.267. The van der Waals surface area contributed by atoms with Gasteiger partial charge in [-0.15, -0.1) is 0 Å². The lowest BCUT2D eigenvalue weighted by molar-refractivity contribution is -0.129. The van der Waals surface area contributed by atoms with E-state index in [-0.39, 0.29) is 11.3 Å². The molecule has 0 fully saturated rings. The molecule has 0 aliphatic heterocycles. The van der Waals surface area contributed by atoms with Gasteiger partial charge in [0.2, 0.25) is 10.0 Å². The minimum absolute atomic E-state index is 0.0990. The Morgan fingerprint density at radius 3 is 2.48 bits per heavy atom. The van der Waals surface area contributed by atoms with E-state index in [0.29, 0.717) is 17.0 Å². The molecule has 0 saturated carbocycles. The number of amides is 1. The Kier molecular flexibility index (Phi) is 5.12. The Bertz CT molecular complexity index is 889. The average Bonchev–Trinajstić information content (AvgIpc) is 2.87. The van der Waals surface area contributed by atoms with E-state index in [1.165, 1.54) is 18.2 Å². The van der Waals surface area contributed by atoms with Crippen molar-refractivity contribution in [2.75, 3.05) is 10.5 Å². The number of rotatable bonds is 6. The first-order valence-corrected chi connectivity index (χ1v) is 8.80. The van der Waals surface area contributed by atoms with Gasteiger partial charge in [-0.2, -0.15) is 13.2 Å². The maximum atomic E-state index is 12.3. The first-order chi connectivity index (χ1) is 11.5. The Labute approximate surface area is 142 Å². The molecule has 0 radical (unpaired) electrons. The van der Waals surface area contributed by atoms with Crippen LogP contribution in [0.3, 0.4) is 0 Å². The molecule has 0 aliphatic carbocycles. The van der Waals surface area contributed by atoms with Crippen molar-refractivity contribution in [1.29, 1.82) is 0 Å². The molecule has 0 unspecified atom stereocenters. The van der Waals surface area contributed by atoms with E-state index in [4.69, 9.17) is 5.73 Å². The molecule has 0 spiro atoms. The van der Waals surface area contributed by atoms with Crippen molar-refractivity contribution in [2.45, 2.75) is 19.5 Å². The zero-order valence-electron chi connectivity index (χ0n) is 13.1. The summed E-state index contributed by atoms with van der Waals surface area (Å²) in [6, 6.07) is 7.61. The Morgan fingerprint density at radius 1 is 1.28 bits per heavy atom. The molecular formula is C15H16F3N3O3S. The first kappa shape index (κ1) is 18.8. The van der Waals surface area contributed by atoms with E-state index < -0.39 is 34.3 Å². The van der Waals surface area contributed by atoms with Crippen LogP contribution in [0.15, 0.2) is 30.3 Å². The van der Waals surface area contributed by atoms with E-state index in [2.05, 4.69) is 9.71 Å². The van der Waals surface area contributed by atoms with E-state index in [1.807, 2.05) is 0 Å². The molecule has 136 valence electrons. The molecule has 0 bridgehead atoms. The van der Waals surface area contributed by atoms with Crippen LogP contribution in [-0.4, -0.2) is 31.2 Å². The standard InChI is InChI=1S/C15H16F3N3O3S/c1-9-11(14(19)22)8-13(20-9)10-4-2-3-5-12(10)21-25(23,24)7-6-15(16,17)18/h2-5,8,20-21H,6-7H2,1H3,(H2,19,22). The van der Waals surface area contributed by atoms with E-state index >= 15 is 0 Å². The van der Waals surface area contributed by atoms with Crippen LogP contribution in [0.5, 0.6) is 0 Å². The molecule has 1 amide bonds. The molecule has 10 heteroatoms. The predicted octanol–water partition coefficient (Wildman–Crippen LogP) is 2.78. The number of primary amides is 1. The number of para-hydroxylation sites is 1. The number of nitrogens with two attached hydrogens (primary N) is 1. The Balaban J connectivity index is 2.33. The topological polar surface area (TPSA) is 105 Å². The lowest BCUT2D eigenvalue weighted by atomic mass is 10.1. The second kappa shape index (κ2) is 6.79. The first-order valence-electron chi connectivity index (χ1n) is 7.14. The second-order valence-electron chi connectivity index (χ2n) is 5.42. The van der Waals surface area contributed by atoms with Crippen molar-refractivity contribution in [3.8, 4) is 11.3 Å². The zero-order chi connectivity index (χ0) is 18.8. The summed E-state index contributed by atoms with van der Waals surface area (Å²) in [5, 5.41) is 0. The summed E-state index contributed by atoms with van der Waals surface area (Å²) in [7, 11) is -4.19. The number of H-pyrrole nitrogens is 1. The number of anilines is 1. The quantitative estimate of drug-likeness (QED) is 0.723. The van der Waals surface area contributed by atoms with Crippen LogP contribution in [0.4, 0.5) is 18.9 Å². The van der Waals surface area contributed by atoms with Crippen LogP contribution in [0.2, 0.25) is 0 Å². The second-order valence-corrected chi connectivity index (χ2v) is 7.26. The fourth-order valence-corrected chi connectivity index (χ4v) is 3.35. The molecule has 25 heavy (non-hydrogen) atoms. The molecule has 0 atom stereocenters. The van der Waals surface area contributed by atoms with Crippen LogP contribution in [0.1, 0.15) is 22.5 Å². The number of carbonyl (C=O) groups excluding carboxylic acids is 1. The van der Waals surface area contributed by atoms with Gasteiger partial charge in [-0.25, -0.2) is 8.42 Å². The molecule has 4 N–H and O–H groups in total. The maximum Gasteiger partial charge on any atom is 0.390 e. The van der Waals surface area contributed by atoms with Crippen LogP contribution in [0.25, 0.3) is 11.3 Å². The summed E-state index contributed by atoms with van der Waals surface area (Å²) in [5.74, 6) is -1.73. The number of aryl methyl sites for hydroxylation is 1. The fourth-order valence-electron chi connectivity index (χ4n) is 2.23. The van der Waals surface area contributed by atoms with Gasteiger partial charge in [-0.1, -0.05) is 18.2 Å². The Morgan fingerprint density at radius 2 is 1.92 bits per heavy atom. The van der Waals surface area contributed by atoms with Gasteiger partial charge in [-0.05, 0) is 19.1 Å². The summed E-state index contributed by atoms with van der Waals surface area (Å²) in [6.45, 7) is 1.62. The molecule has 1 aromatic carbocycles. The Hall–Kier alpha value is -2.49. The molecule has 6 nitrogen and oxygen atoms in total. The maximum absolute atomic E-state index is 12.3. The number of alkyl halides is 3. The molecule has 2 rings (SSSR count).